The number of hydrogen-bond acceptors (Lipinski definition) is 4. The smallest absolute Gasteiger partial charge is 0.292 e. The first-order valence-corrected chi connectivity index (χ1v) is 6.57. The number of anilines is 2. The van der Waals surface area contributed by atoms with E-state index in [0.717, 1.165) is 25.2 Å². The summed E-state index contributed by atoms with van der Waals surface area (Å²) in [6.07, 6.45) is 0.930. The first kappa shape index (κ1) is 12.6. The maximum atomic E-state index is 11.1. The van der Waals surface area contributed by atoms with Crippen LogP contribution in [0.25, 0.3) is 0 Å². The fourth-order valence-electron chi connectivity index (χ4n) is 2.53. The second-order valence-electron chi connectivity index (χ2n) is 4.77. The second kappa shape index (κ2) is 5.30. The van der Waals surface area contributed by atoms with E-state index in [9.17, 15) is 10.1 Å². The molecule has 0 saturated heterocycles. The SMILES string of the molecule is O=[N+]([O-])c1ccccc1Nc1cccc2c1CCNC2. The third kappa shape index (κ3) is 2.35. The van der Waals surface area contributed by atoms with Gasteiger partial charge in [-0.05, 0) is 36.2 Å². The van der Waals surface area contributed by atoms with Gasteiger partial charge < -0.3 is 10.6 Å². The number of benzene rings is 2. The van der Waals surface area contributed by atoms with Crippen molar-refractivity contribution in [1.29, 1.82) is 0 Å². The zero-order chi connectivity index (χ0) is 13.9. The molecule has 1 aliphatic rings. The van der Waals surface area contributed by atoms with Crippen LogP contribution in [0.4, 0.5) is 17.1 Å². The second-order valence-corrected chi connectivity index (χ2v) is 4.77. The van der Waals surface area contributed by atoms with Crippen LogP contribution in [0.2, 0.25) is 0 Å². The zero-order valence-electron chi connectivity index (χ0n) is 10.9. The average Bonchev–Trinajstić information content (AvgIpc) is 2.48. The number of nitro groups is 1. The molecule has 2 N–H and O–H groups in total. The van der Waals surface area contributed by atoms with Crippen molar-refractivity contribution in [1.82, 2.24) is 5.32 Å². The third-order valence-electron chi connectivity index (χ3n) is 3.51. The first-order chi connectivity index (χ1) is 9.75. The lowest BCUT2D eigenvalue weighted by Gasteiger charge is -2.21. The van der Waals surface area contributed by atoms with Gasteiger partial charge in [0.1, 0.15) is 5.69 Å². The number of nitrogens with one attached hydrogen (secondary N) is 2. The summed E-state index contributed by atoms with van der Waals surface area (Å²) in [6, 6.07) is 12.8. The largest absolute Gasteiger partial charge is 0.350 e. The van der Waals surface area contributed by atoms with E-state index in [1.807, 2.05) is 12.1 Å². The molecule has 0 saturated carbocycles. The lowest BCUT2D eigenvalue weighted by atomic mass is 9.99. The molecule has 0 radical (unpaired) electrons. The number of nitro benzene ring substituents is 1. The highest BCUT2D eigenvalue weighted by Crippen LogP contribution is 2.30. The van der Waals surface area contributed by atoms with Crippen LogP contribution >= 0.6 is 0 Å². The van der Waals surface area contributed by atoms with E-state index >= 15 is 0 Å². The van der Waals surface area contributed by atoms with Gasteiger partial charge in [-0.1, -0.05) is 24.3 Å². The van der Waals surface area contributed by atoms with Crippen molar-refractivity contribution in [3.63, 3.8) is 0 Å². The molecule has 0 aliphatic carbocycles. The van der Waals surface area contributed by atoms with Gasteiger partial charge in [0.2, 0.25) is 0 Å². The predicted octanol–water partition coefficient (Wildman–Crippen LogP) is 2.98. The van der Waals surface area contributed by atoms with Gasteiger partial charge in [0.15, 0.2) is 0 Å². The molecule has 5 nitrogen and oxygen atoms in total. The molecule has 2 aromatic carbocycles. The van der Waals surface area contributed by atoms with Gasteiger partial charge in [0, 0.05) is 18.3 Å². The van der Waals surface area contributed by atoms with E-state index in [0.29, 0.717) is 5.69 Å². The van der Waals surface area contributed by atoms with Crippen LogP contribution in [0.5, 0.6) is 0 Å². The fraction of sp³-hybridized carbons (Fsp3) is 0.200. The van der Waals surface area contributed by atoms with Gasteiger partial charge in [0.25, 0.3) is 5.69 Å². The topological polar surface area (TPSA) is 67.2 Å². The van der Waals surface area contributed by atoms with Crippen molar-refractivity contribution in [2.75, 3.05) is 11.9 Å². The van der Waals surface area contributed by atoms with Crippen molar-refractivity contribution in [3.8, 4) is 0 Å². The predicted molar refractivity (Wildman–Crippen MR) is 78.2 cm³/mol. The van der Waals surface area contributed by atoms with Gasteiger partial charge in [-0.3, -0.25) is 10.1 Å². The Kier molecular flexibility index (Phi) is 3.35. The van der Waals surface area contributed by atoms with Gasteiger partial charge in [-0.15, -0.1) is 0 Å². The Bertz CT molecular complexity index is 655. The summed E-state index contributed by atoms with van der Waals surface area (Å²) in [7, 11) is 0. The van der Waals surface area contributed by atoms with Gasteiger partial charge in [-0.25, -0.2) is 0 Å². The minimum atomic E-state index is -0.362. The summed E-state index contributed by atoms with van der Waals surface area (Å²) in [5.74, 6) is 0. The molecule has 0 atom stereocenters. The van der Waals surface area contributed by atoms with Crippen LogP contribution in [-0.2, 0) is 13.0 Å². The Morgan fingerprint density at radius 2 is 1.90 bits per heavy atom. The summed E-state index contributed by atoms with van der Waals surface area (Å²) in [4.78, 5) is 10.7. The summed E-state index contributed by atoms with van der Waals surface area (Å²) in [6.45, 7) is 1.78. The van der Waals surface area contributed by atoms with E-state index in [-0.39, 0.29) is 10.6 Å². The molecule has 3 rings (SSSR count). The number of hydrogen-bond donors (Lipinski definition) is 2. The lowest BCUT2D eigenvalue weighted by Crippen LogP contribution is -2.24. The van der Waals surface area contributed by atoms with Gasteiger partial charge in [0.05, 0.1) is 4.92 Å². The van der Waals surface area contributed by atoms with Gasteiger partial charge in [-0.2, -0.15) is 0 Å². The highest BCUT2D eigenvalue weighted by molar-refractivity contribution is 5.72. The normalized spacial score (nSPS) is 13.6. The molecule has 102 valence electrons. The minimum absolute atomic E-state index is 0.0963. The Balaban J connectivity index is 1.98. The molecule has 0 unspecified atom stereocenters. The van der Waals surface area contributed by atoms with E-state index < -0.39 is 0 Å². The summed E-state index contributed by atoms with van der Waals surface area (Å²) < 4.78 is 0. The number of fused-ring (bicyclic) bond motifs is 1. The van der Waals surface area contributed by atoms with Crippen LogP contribution in [-0.4, -0.2) is 11.5 Å². The standard InChI is InChI=1S/C15H15N3O2/c19-18(20)15-7-2-1-5-14(15)17-13-6-3-4-11-10-16-9-8-12(11)13/h1-7,16-17H,8-10H2. The summed E-state index contributed by atoms with van der Waals surface area (Å²) in [5.41, 5.74) is 4.08. The number of rotatable bonds is 3. The lowest BCUT2D eigenvalue weighted by molar-refractivity contribution is -0.383. The Morgan fingerprint density at radius 3 is 2.75 bits per heavy atom. The molecule has 1 aliphatic heterocycles. The number of nitrogens with zero attached hydrogens (tertiary/aromatic N) is 1. The molecular formula is C15H15N3O2. The maximum absolute atomic E-state index is 11.1. The molecule has 0 spiro atoms. The Morgan fingerprint density at radius 1 is 1.10 bits per heavy atom. The van der Waals surface area contributed by atoms with Crippen LogP contribution in [0.15, 0.2) is 42.5 Å². The minimum Gasteiger partial charge on any atom is -0.350 e. The van der Waals surface area contributed by atoms with Crippen LogP contribution in [0.3, 0.4) is 0 Å². The summed E-state index contributed by atoms with van der Waals surface area (Å²) >= 11 is 0. The van der Waals surface area contributed by atoms with Crippen LogP contribution < -0.4 is 10.6 Å². The van der Waals surface area contributed by atoms with E-state index in [1.165, 1.54) is 17.2 Å². The third-order valence-corrected chi connectivity index (χ3v) is 3.51. The van der Waals surface area contributed by atoms with Crippen molar-refractivity contribution in [2.45, 2.75) is 13.0 Å². The molecule has 0 bridgehead atoms. The van der Waals surface area contributed by atoms with Crippen LogP contribution in [0, 0.1) is 10.1 Å². The van der Waals surface area contributed by atoms with E-state index in [4.69, 9.17) is 0 Å². The average molecular weight is 269 g/mol. The Hall–Kier alpha value is -2.40. The molecule has 0 amide bonds. The molecule has 20 heavy (non-hydrogen) atoms. The number of para-hydroxylation sites is 2. The molecule has 0 fully saturated rings. The molecule has 5 heteroatoms. The van der Waals surface area contributed by atoms with Crippen molar-refractivity contribution < 1.29 is 4.92 Å². The molecular weight excluding hydrogens is 254 g/mol. The highest BCUT2D eigenvalue weighted by Gasteiger charge is 2.16. The Labute approximate surface area is 116 Å². The molecule has 1 heterocycles. The molecule has 0 aromatic heterocycles. The van der Waals surface area contributed by atoms with E-state index in [1.54, 1.807) is 18.2 Å². The van der Waals surface area contributed by atoms with Crippen molar-refractivity contribution >= 4 is 17.1 Å². The maximum Gasteiger partial charge on any atom is 0.292 e. The quantitative estimate of drug-likeness (QED) is 0.664. The van der Waals surface area contributed by atoms with Crippen LogP contribution in [0.1, 0.15) is 11.1 Å². The van der Waals surface area contributed by atoms with Gasteiger partial charge >= 0.3 is 0 Å². The fourth-order valence-corrected chi connectivity index (χ4v) is 2.53. The summed E-state index contributed by atoms with van der Waals surface area (Å²) in [5, 5.41) is 17.6. The highest BCUT2D eigenvalue weighted by atomic mass is 16.6. The van der Waals surface area contributed by atoms with Crippen molar-refractivity contribution in [2.24, 2.45) is 0 Å². The van der Waals surface area contributed by atoms with E-state index in [2.05, 4.69) is 16.7 Å². The first-order valence-electron chi connectivity index (χ1n) is 6.57. The zero-order valence-corrected chi connectivity index (χ0v) is 10.9. The monoisotopic (exact) mass is 269 g/mol. The van der Waals surface area contributed by atoms with Crippen molar-refractivity contribution in [3.05, 3.63) is 63.7 Å². The molecule has 2 aromatic rings.